The van der Waals surface area contributed by atoms with Gasteiger partial charge in [-0.05, 0) is 38.8 Å². The molecule has 1 amide bonds. The largest absolute Gasteiger partial charge is 0.444 e. The van der Waals surface area contributed by atoms with Crippen LogP contribution in [-0.2, 0) is 20.7 Å². The molecular formula is C17H20N2O4. The number of benzene rings is 1. The molecule has 1 aliphatic heterocycles. The molecule has 0 aliphatic carbocycles. The Hall–Kier alpha value is -2.50. The highest BCUT2D eigenvalue weighted by molar-refractivity contribution is 5.85. The Morgan fingerprint density at radius 2 is 2.09 bits per heavy atom. The third-order valence-electron chi connectivity index (χ3n) is 3.79. The Morgan fingerprint density at radius 1 is 1.35 bits per heavy atom. The summed E-state index contributed by atoms with van der Waals surface area (Å²) in [6.07, 6.45) is -0.607. The van der Waals surface area contributed by atoms with Gasteiger partial charge in [0.1, 0.15) is 5.60 Å². The molecule has 23 heavy (non-hydrogen) atoms. The number of aromatic nitrogens is 1. The number of hydrogen-bond acceptors (Lipinski definition) is 4. The van der Waals surface area contributed by atoms with Gasteiger partial charge < -0.3 is 14.5 Å². The van der Waals surface area contributed by atoms with Crippen molar-refractivity contribution >= 4 is 23.5 Å². The summed E-state index contributed by atoms with van der Waals surface area (Å²) in [6, 6.07) is 7.88. The van der Waals surface area contributed by atoms with Gasteiger partial charge in [0.25, 0.3) is 6.47 Å². The van der Waals surface area contributed by atoms with Gasteiger partial charge in [0, 0.05) is 17.4 Å². The average Bonchev–Trinajstić information content (AvgIpc) is 2.85. The van der Waals surface area contributed by atoms with Crippen LogP contribution in [0.2, 0.25) is 0 Å². The fourth-order valence-electron chi connectivity index (χ4n) is 2.91. The summed E-state index contributed by atoms with van der Waals surface area (Å²) < 4.78 is 10.6. The van der Waals surface area contributed by atoms with Gasteiger partial charge in [0.05, 0.1) is 5.69 Å². The molecule has 0 fully saturated rings. The van der Waals surface area contributed by atoms with E-state index in [1.165, 1.54) is 4.90 Å². The van der Waals surface area contributed by atoms with Crippen LogP contribution >= 0.6 is 0 Å². The van der Waals surface area contributed by atoms with Gasteiger partial charge in [-0.2, -0.15) is 0 Å². The summed E-state index contributed by atoms with van der Waals surface area (Å²) in [7, 11) is 0. The van der Waals surface area contributed by atoms with Crippen LogP contribution in [0.4, 0.5) is 4.79 Å². The van der Waals surface area contributed by atoms with Crippen molar-refractivity contribution in [1.82, 2.24) is 9.88 Å². The van der Waals surface area contributed by atoms with Crippen LogP contribution < -0.4 is 0 Å². The van der Waals surface area contributed by atoms with E-state index in [0.717, 1.165) is 22.2 Å². The molecule has 3 rings (SSSR count). The smallest absolute Gasteiger partial charge is 0.413 e. The lowest BCUT2D eigenvalue weighted by molar-refractivity contribution is -0.144. The lowest BCUT2D eigenvalue weighted by Crippen LogP contribution is -2.43. The number of amides is 1. The minimum Gasteiger partial charge on any atom is -0.444 e. The first-order valence-electron chi connectivity index (χ1n) is 7.59. The maximum Gasteiger partial charge on any atom is 0.413 e. The first kappa shape index (κ1) is 15.4. The third kappa shape index (κ3) is 2.88. The lowest BCUT2D eigenvalue weighted by atomic mass is 10.0. The Kier molecular flexibility index (Phi) is 3.75. The monoisotopic (exact) mass is 316 g/mol. The van der Waals surface area contributed by atoms with E-state index in [-0.39, 0.29) is 0 Å². The van der Waals surface area contributed by atoms with Crippen LogP contribution in [-0.4, -0.2) is 34.6 Å². The zero-order chi connectivity index (χ0) is 16.6. The maximum absolute atomic E-state index is 12.4. The van der Waals surface area contributed by atoms with E-state index in [1.807, 2.05) is 24.3 Å². The quantitative estimate of drug-likeness (QED) is 0.864. The fraction of sp³-hybridized carbons (Fsp3) is 0.412. The van der Waals surface area contributed by atoms with Crippen LogP contribution in [0.5, 0.6) is 0 Å². The highest BCUT2D eigenvalue weighted by Crippen LogP contribution is 2.35. The Morgan fingerprint density at radius 3 is 2.78 bits per heavy atom. The Bertz CT molecular complexity index is 745. The van der Waals surface area contributed by atoms with Crippen LogP contribution in [0, 0.1) is 0 Å². The van der Waals surface area contributed by atoms with Gasteiger partial charge in [-0.15, -0.1) is 0 Å². The van der Waals surface area contributed by atoms with E-state index < -0.39 is 17.9 Å². The molecule has 0 saturated carbocycles. The number of carbonyl (C=O) groups excluding carboxylic acids is 2. The molecule has 0 radical (unpaired) electrons. The predicted octanol–water partition coefficient (Wildman–Crippen LogP) is 3.13. The molecule has 0 saturated heterocycles. The molecule has 0 bridgehead atoms. The molecule has 1 atom stereocenters. The van der Waals surface area contributed by atoms with Gasteiger partial charge in [-0.1, -0.05) is 18.2 Å². The van der Waals surface area contributed by atoms with E-state index in [0.29, 0.717) is 19.4 Å². The molecular weight excluding hydrogens is 296 g/mol. The molecule has 1 aliphatic rings. The van der Waals surface area contributed by atoms with Gasteiger partial charge in [-0.25, -0.2) is 4.79 Å². The van der Waals surface area contributed by atoms with Crippen molar-refractivity contribution in [2.45, 2.75) is 39.0 Å². The summed E-state index contributed by atoms with van der Waals surface area (Å²) in [5, 5.41) is 1.09. The van der Waals surface area contributed by atoms with Crippen molar-refractivity contribution in [3.63, 3.8) is 0 Å². The molecule has 6 nitrogen and oxygen atoms in total. The second-order valence-corrected chi connectivity index (χ2v) is 6.57. The van der Waals surface area contributed by atoms with Crippen molar-refractivity contribution in [2.24, 2.45) is 0 Å². The Balaban J connectivity index is 1.99. The molecule has 0 spiro atoms. The highest BCUT2D eigenvalue weighted by atomic mass is 16.6. The molecule has 122 valence electrons. The van der Waals surface area contributed by atoms with Crippen molar-refractivity contribution in [3.05, 3.63) is 35.5 Å². The summed E-state index contributed by atoms with van der Waals surface area (Å²) >= 11 is 0. The van der Waals surface area contributed by atoms with Crippen LogP contribution in [0.1, 0.15) is 38.3 Å². The normalized spacial score (nSPS) is 17.7. The molecule has 1 aromatic heterocycles. The van der Waals surface area contributed by atoms with Crippen LogP contribution in [0.15, 0.2) is 24.3 Å². The minimum atomic E-state index is -0.793. The molecule has 2 aromatic rings. The number of fused-ring (bicyclic) bond motifs is 3. The van der Waals surface area contributed by atoms with Gasteiger partial charge >= 0.3 is 6.09 Å². The van der Waals surface area contributed by atoms with Crippen molar-refractivity contribution < 1.29 is 19.1 Å². The number of hydrogen-bond donors (Lipinski definition) is 1. The number of aromatic amines is 1. The Labute approximate surface area is 134 Å². The highest BCUT2D eigenvalue weighted by Gasteiger charge is 2.36. The van der Waals surface area contributed by atoms with E-state index in [2.05, 4.69) is 4.98 Å². The summed E-state index contributed by atoms with van der Waals surface area (Å²) in [4.78, 5) is 28.1. The second kappa shape index (κ2) is 5.61. The summed E-state index contributed by atoms with van der Waals surface area (Å²) in [5.74, 6) is 0. The second-order valence-electron chi connectivity index (χ2n) is 6.57. The molecule has 2 heterocycles. The first-order valence-corrected chi connectivity index (χ1v) is 7.59. The summed E-state index contributed by atoms with van der Waals surface area (Å²) in [6.45, 7) is 6.21. The molecule has 1 N–H and O–H groups in total. The number of nitrogens with zero attached hydrogens (tertiary/aromatic N) is 1. The van der Waals surface area contributed by atoms with E-state index >= 15 is 0 Å². The molecule has 1 aromatic carbocycles. The molecule has 1 unspecified atom stereocenters. The molecule has 6 heteroatoms. The first-order chi connectivity index (χ1) is 10.9. The maximum atomic E-state index is 12.4. The zero-order valence-corrected chi connectivity index (χ0v) is 13.5. The van der Waals surface area contributed by atoms with Gasteiger partial charge in [0.2, 0.25) is 6.23 Å². The number of H-pyrrole nitrogens is 1. The van der Waals surface area contributed by atoms with Gasteiger partial charge in [0.15, 0.2) is 0 Å². The number of para-hydroxylation sites is 1. The number of carbonyl (C=O) groups is 2. The zero-order valence-electron chi connectivity index (χ0n) is 13.5. The van der Waals surface area contributed by atoms with Crippen LogP contribution in [0.25, 0.3) is 10.9 Å². The third-order valence-corrected chi connectivity index (χ3v) is 3.79. The van der Waals surface area contributed by atoms with E-state index in [1.54, 1.807) is 20.8 Å². The minimum absolute atomic E-state index is 0.364. The van der Waals surface area contributed by atoms with Gasteiger partial charge in [-0.3, -0.25) is 9.69 Å². The van der Waals surface area contributed by atoms with E-state index in [4.69, 9.17) is 9.47 Å². The van der Waals surface area contributed by atoms with Crippen molar-refractivity contribution in [2.75, 3.05) is 6.54 Å². The number of rotatable bonds is 2. The standard InChI is InChI=1S/C17H20N2O4/c1-17(2,3)23-16(21)19-9-8-12-11-6-4-5-7-13(11)18-14(12)15(19)22-10-20/h4-7,10,15,18H,8-9H2,1-3H3. The van der Waals surface area contributed by atoms with Crippen molar-refractivity contribution in [3.8, 4) is 0 Å². The van der Waals surface area contributed by atoms with Crippen LogP contribution in [0.3, 0.4) is 0 Å². The van der Waals surface area contributed by atoms with E-state index in [9.17, 15) is 9.59 Å². The SMILES string of the molecule is CC(C)(C)OC(=O)N1CCc2c([nH]c3ccccc23)C1OC=O. The fourth-order valence-corrected chi connectivity index (χ4v) is 2.91. The lowest BCUT2D eigenvalue weighted by Gasteiger charge is -2.35. The van der Waals surface area contributed by atoms with Crippen molar-refractivity contribution in [1.29, 1.82) is 0 Å². The topological polar surface area (TPSA) is 71.6 Å². The number of ether oxygens (including phenoxy) is 2. The summed E-state index contributed by atoms with van der Waals surface area (Å²) in [5.41, 5.74) is 2.16. The number of nitrogens with one attached hydrogen (secondary N) is 1. The predicted molar refractivity (Wildman–Crippen MR) is 84.8 cm³/mol. The average molecular weight is 316 g/mol.